The number of rotatable bonds is 3. The highest BCUT2D eigenvalue weighted by Crippen LogP contribution is 2.26. The lowest BCUT2D eigenvalue weighted by Gasteiger charge is -2.40. The summed E-state index contributed by atoms with van der Waals surface area (Å²) in [6.45, 7) is 4.88. The fraction of sp³-hybridized carbons (Fsp3) is 0.250. The molecule has 0 radical (unpaired) electrons. The molecular formula is C20H18FN3O5. The van der Waals surface area contributed by atoms with Crippen LogP contribution in [0.3, 0.4) is 0 Å². The van der Waals surface area contributed by atoms with Gasteiger partial charge in [0.1, 0.15) is 11.4 Å². The molecule has 3 heterocycles. The quantitative estimate of drug-likeness (QED) is 0.810. The Labute approximate surface area is 164 Å². The summed E-state index contributed by atoms with van der Waals surface area (Å²) < 4.78 is 20.0. The highest BCUT2D eigenvalue weighted by Gasteiger charge is 2.38. The first-order valence-electron chi connectivity index (χ1n) is 9.02. The molecule has 4 rings (SSSR count). The molecule has 2 aromatic rings. The van der Waals surface area contributed by atoms with Gasteiger partial charge < -0.3 is 24.6 Å². The van der Waals surface area contributed by atoms with Gasteiger partial charge in [-0.3, -0.25) is 14.4 Å². The first-order valence-corrected chi connectivity index (χ1v) is 9.02. The smallest absolute Gasteiger partial charge is 0.276 e. The Kier molecular flexibility index (Phi) is 4.67. The first-order chi connectivity index (χ1) is 13.9. The lowest BCUT2D eigenvalue weighted by Crippen LogP contribution is -2.53. The molecule has 1 unspecified atom stereocenters. The zero-order chi connectivity index (χ0) is 20.7. The van der Waals surface area contributed by atoms with Crippen LogP contribution in [0, 0.1) is 5.82 Å². The monoisotopic (exact) mass is 399 g/mol. The predicted molar refractivity (Wildman–Crippen MR) is 101 cm³/mol. The zero-order valence-electron chi connectivity index (χ0n) is 15.4. The maximum absolute atomic E-state index is 13.1. The molecule has 0 aliphatic carbocycles. The minimum atomic E-state index is -0.953. The van der Waals surface area contributed by atoms with E-state index in [9.17, 15) is 23.9 Å². The molecule has 9 heteroatoms. The lowest BCUT2D eigenvalue weighted by molar-refractivity contribution is -0.0920. The van der Waals surface area contributed by atoms with Gasteiger partial charge in [-0.15, -0.1) is 0 Å². The average Bonchev–Trinajstić information content (AvgIpc) is 2.71. The number of pyridine rings is 1. The average molecular weight is 399 g/mol. The van der Waals surface area contributed by atoms with E-state index in [-0.39, 0.29) is 23.5 Å². The van der Waals surface area contributed by atoms with Gasteiger partial charge >= 0.3 is 0 Å². The minimum Gasteiger partial charge on any atom is -0.503 e. The number of carbonyl (C=O) groups is 2. The molecule has 2 N–H and O–H groups in total. The predicted octanol–water partition coefficient (Wildman–Crippen LogP) is 1.30. The lowest BCUT2D eigenvalue weighted by atomic mass is 10.1. The van der Waals surface area contributed by atoms with Gasteiger partial charge in [-0.1, -0.05) is 18.7 Å². The molecule has 1 saturated heterocycles. The highest BCUT2D eigenvalue weighted by molar-refractivity contribution is 6.01. The number of amides is 2. The van der Waals surface area contributed by atoms with Gasteiger partial charge in [0, 0.05) is 18.4 Å². The first kappa shape index (κ1) is 18.9. The van der Waals surface area contributed by atoms with E-state index in [0.29, 0.717) is 25.1 Å². The third-order valence-electron chi connectivity index (χ3n) is 4.98. The second kappa shape index (κ2) is 7.17. The van der Waals surface area contributed by atoms with Crippen LogP contribution in [0.25, 0.3) is 5.70 Å². The van der Waals surface area contributed by atoms with Crippen molar-refractivity contribution < 1.29 is 23.8 Å². The van der Waals surface area contributed by atoms with Crippen LogP contribution in [-0.4, -0.2) is 45.8 Å². The van der Waals surface area contributed by atoms with Gasteiger partial charge in [0.25, 0.3) is 11.8 Å². The number of fused-ring (bicyclic) bond motifs is 2. The summed E-state index contributed by atoms with van der Waals surface area (Å²) in [7, 11) is 0. The van der Waals surface area contributed by atoms with E-state index in [1.807, 2.05) is 0 Å². The van der Waals surface area contributed by atoms with E-state index >= 15 is 0 Å². The van der Waals surface area contributed by atoms with Gasteiger partial charge in [0.2, 0.25) is 5.43 Å². The van der Waals surface area contributed by atoms with Crippen LogP contribution < -0.4 is 10.7 Å². The molecule has 2 amide bonds. The third kappa shape index (κ3) is 3.29. The summed E-state index contributed by atoms with van der Waals surface area (Å²) in [5.41, 5.74) is -0.833. The number of hydrogen-bond donors (Lipinski definition) is 2. The molecule has 2 aliphatic heterocycles. The Balaban J connectivity index is 1.65. The standard InChI is InChI=1S/C20H18FN3O5/c1-11(12-3-5-13(21)6-4-12)22-19(27)14-9-23-10-15-24(7-2-8-29-15)20(28)16(23)18(26)17(14)25/h3-6,9,15,26H,1-2,7-8,10H2,(H,22,27). The topological polar surface area (TPSA) is 101 Å². The van der Waals surface area contributed by atoms with Crippen LogP contribution in [0.1, 0.15) is 32.8 Å². The van der Waals surface area contributed by atoms with Gasteiger partial charge in [0.15, 0.2) is 17.7 Å². The Morgan fingerprint density at radius 2 is 2.00 bits per heavy atom. The van der Waals surface area contributed by atoms with Gasteiger partial charge in [-0.25, -0.2) is 4.39 Å². The van der Waals surface area contributed by atoms with Crippen LogP contribution in [0.2, 0.25) is 0 Å². The van der Waals surface area contributed by atoms with E-state index < -0.39 is 35.0 Å². The van der Waals surface area contributed by atoms with Gasteiger partial charge in [-0.05, 0) is 24.1 Å². The van der Waals surface area contributed by atoms with Gasteiger partial charge in [0.05, 0.1) is 13.2 Å². The second-order valence-electron chi connectivity index (χ2n) is 6.84. The Morgan fingerprint density at radius 3 is 2.72 bits per heavy atom. The number of benzene rings is 1. The summed E-state index contributed by atoms with van der Waals surface area (Å²) in [6, 6.07) is 5.30. The maximum Gasteiger partial charge on any atom is 0.276 e. The molecule has 29 heavy (non-hydrogen) atoms. The molecule has 8 nitrogen and oxygen atoms in total. The Morgan fingerprint density at radius 1 is 1.28 bits per heavy atom. The molecule has 150 valence electrons. The van der Waals surface area contributed by atoms with Crippen molar-refractivity contribution in [1.82, 2.24) is 14.8 Å². The summed E-state index contributed by atoms with van der Waals surface area (Å²) in [5, 5.41) is 12.8. The van der Waals surface area contributed by atoms with E-state index in [1.165, 1.54) is 39.9 Å². The number of hydrogen-bond acceptors (Lipinski definition) is 5. The third-order valence-corrected chi connectivity index (χ3v) is 4.98. The molecule has 2 aliphatic rings. The van der Waals surface area contributed by atoms with E-state index in [4.69, 9.17) is 4.74 Å². The summed E-state index contributed by atoms with van der Waals surface area (Å²) in [5.74, 6) is -2.53. The normalized spacial score (nSPS) is 18.0. The van der Waals surface area contributed by atoms with Crippen molar-refractivity contribution in [3.63, 3.8) is 0 Å². The molecule has 1 fully saturated rings. The number of carbonyl (C=O) groups excluding carboxylic acids is 2. The second-order valence-corrected chi connectivity index (χ2v) is 6.84. The van der Waals surface area contributed by atoms with Crippen LogP contribution in [-0.2, 0) is 11.3 Å². The molecule has 0 bridgehead atoms. The summed E-state index contributed by atoms with van der Waals surface area (Å²) >= 11 is 0. The highest BCUT2D eigenvalue weighted by atomic mass is 19.1. The van der Waals surface area contributed by atoms with Crippen LogP contribution in [0.5, 0.6) is 5.75 Å². The van der Waals surface area contributed by atoms with E-state index in [1.54, 1.807) is 0 Å². The molecule has 0 saturated carbocycles. The number of halogens is 1. The van der Waals surface area contributed by atoms with Gasteiger partial charge in [-0.2, -0.15) is 0 Å². The summed E-state index contributed by atoms with van der Waals surface area (Å²) in [4.78, 5) is 39.3. The number of nitrogens with zero attached hydrogens (tertiary/aromatic N) is 2. The fourth-order valence-electron chi connectivity index (χ4n) is 3.48. The van der Waals surface area contributed by atoms with Crippen LogP contribution >= 0.6 is 0 Å². The molecule has 1 aromatic carbocycles. The van der Waals surface area contributed by atoms with Crippen molar-refractivity contribution in [2.45, 2.75) is 19.2 Å². The van der Waals surface area contributed by atoms with Crippen LogP contribution in [0.15, 0.2) is 41.8 Å². The Hall–Kier alpha value is -3.46. The van der Waals surface area contributed by atoms with Crippen molar-refractivity contribution in [1.29, 1.82) is 0 Å². The van der Waals surface area contributed by atoms with Crippen LogP contribution in [0.4, 0.5) is 4.39 Å². The van der Waals surface area contributed by atoms with Crippen molar-refractivity contribution in [2.75, 3.05) is 13.2 Å². The molecular weight excluding hydrogens is 381 g/mol. The van der Waals surface area contributed by atoms with E-state index in [0.717, 1.165) is 0 Å². The number of aromatic nitrogens is 1. The zero-order valence-corrected chi connectivity index (χ0v) is 15.4. The SMILES string of the molecule is C=C(NC(=O)c1cn2c(c(O)c1=O)C(=O)N1CCCOC1C2)c1ccc(F)cc1. The number of ether oxygens (including phenoxy) is 1. The Bertz CT molecular complexity index is 1080. The minimum absolute atomic E-state index is 0.161. The van der Waals surface area contributed by atoms with E-state index in [2.05, 4.69) is 11.9 Å². The number of nitrogens with one attached hydrogen (secondary N) is 1. The van der Waals surface area contributed by atoms with Crippen molar-refractivity contribution in [3.05, 3.63) is 69.9 Å². The molecule has 1 atom stereocenters. The van der Waals surface area contributed by atoms with Crippen molar-refractivity contribution in [2.24, 2.45) is 0 Å². The largest absolute Gasteiger partial charge is 0.503 e. The summed E-state index contributed by atoms with van der Waals surface area (Å²) in [6.07, 6.45) is 1.38. The molecule has 0 spiro atoms. The number of aromatic hydroxyl groups is 1. The maximum atomic E-state index is 13.1. The molecule has 1 aromatic heterocycles. The van der Waals surface area contributed by atoms with Crippen molar-refractivity contribution in [3.8, 4) is 5.75 Å². The fourth-order valence-corrected chi connectivity index (χ4v) is 3.48. The van der Waals surface area contributed by atoms with Crippen molar-refractivity contribution >= 4 is 17.5 Å².